The summed E-state index contributed by atoms with van der Waals surface area (Å²) in [5.74, 6) is 0.348. The number of aryl methyl sites for hydroxylation is 2. The number of carbonyl (C=O) groups is 1. The summed E-state index contributed by atoms with van der Waals surface area (Å²) in [5, 5.41) is 20.6. The topological polar surface area (TPSA) is 128 Å². The molecule has 2 aromatic heterocycles. The largest absolute Gasteiger partial charge is 0.340 e. The lowest BCUT2D eigenvalue weighted by atomic mass is 10.1. The molecule has 9 nitrogen and oxygen atoms in total. The van der Waals surface area contributed by atoms with Crippen molar-refractivity contribution < 1.29 is 4.79 Å². The summed E-state index contributed by atoms with van der Waals surface area (Å²) >= 11 is 1.33. The molecular weight excluding hydrogens is 342 g/mol. The number of hydrogen-bond donors (Lipinski definition) is 4. The summed E-state index contributed by atoms with van der Waals surface area (Å²) in [4.78, 5) is 25.5. The molecule has 0 spiro atoms. The van der Waals surface area contributed by atoms with E-state index in [1.807, 2.05) is 18.2 Å². The van der Waals surface area contributed by atoms with E-state index >= 15 is 0 Å². The molecule has 4 N–H and O–H groups in total. The van der Waals surface area contributed by atoms with Gasteiger partial charge >= 0.3 is 11.7 Å². The molecule has 10 heteroatoms. The summed E-state index contributed by atoms with van der Waals surface area (Å²) in [6.45, 7) is 1.71. The molecule has 0 saturated carbocycles. The van der Waals surface area contributed by atoms with Crippen LogP contribution in [0.25, 0.3) is 0 Å². The van der Waals surface area contributed by atoms with Gasteiger partial charge < -0.3 is 5.32 Å². The van der Waals surface area contributed by atoms with Gasteiger partial charge in [-0.1, -0.05) is 41.7 Å². The van der Waals surface area contributed by atoms with Crippen LogP contribution in [0.2, 0.25) is 0 Å². The predicted molar refractivity (Wildman–Crippen MR) is 93.5 cm³/mol. The standard InChI is InChI=1S/C15H17N7O2S/c1-9(12-17-14(24)21-20-12)16-13(23)18-15-22-19-11(25-15)8-7-10-5-3-2-4-6-10/h2-6,9H,7-8H2,1H3,(H2,16,18,22,23)(H2,17,20,21,24)/t9-/m1/s1. The highest BCUT2D eigenvalue weighted by molar-refractivity contribution is 7.15. The third kappa shape index (κ3) is 4.73. The van der Waals surface area contributed by atoms with Gasteiger partial charge in [-0.05, 0) is 18.9 Å². The van der Waals surface area contributed by atoms with E-state index in [0.717, 1.165) is 17.8 Å². The molecule has 0 aliphatic carbocycles. The first-order valence-corrected chi connectivity index (χ1v) is 8.50. The van der Waals surface area contributed by atoms with Crippen molar-refractivity contribution in [2.45, 2.75) is 25.8 Å². The van der Waals surface area contributed by atoms with Crippen molar-refractivity contribution >= 4 is 22.5 Å². The third-order valence-electron chi connectivity index (χ3n) is 3.43. The first-order chi connectivity index (χ1) is 12.1. The van der Waals surface area contributed by atoms with E-state index in [1.165, 1.54) is 16.9 Å². The Labute approximate surface area is 146 Å². The van der Waals surface area contributed by atoms with Crippen LogP contribution < -0.4 is 16.3 Å². The summed E-state index contributed by atoms with van der Waals surface area (Å²) in [7, 11) is 0. The average molecular weight is 359 g/mol. The zero-order chi connectivity index (χ0) is 17.6. The first kappa shape index (κ1) is 16.8. The van der Waals surface area contributed by atoms with E-state index in [9.17, 15) is 9.59 Å². The fraction of sp³-hybridized carbons (Fsp3) is 0.267. The lowest BCUT2D eigenvalue weighted by Gasteiger charge is -2.10. The van der Waals surface area contributed by atoms with Crippen LogP contribution >= 0.6 is 11.3 Å². The lowest BCUT2D eigenvalue weighted by Crippen LogP contribution is -2.31. The minimum Gasteiger partial charge on any atom is -0.328 e. The second kappa shape index (κ2) is 7.71. The second-order valence-electron chi connectivity index (χ2n) is 5.37. The maximum Gasteiger partial charge on any atom is 0.340 e. The number of urea groups is 1. The zero-order valence-electron chi connectivity index (χ0n) is 13.4. The molecule has 0 unspecified atom stereocenters. The second-order valence-corrected chi connectivity index (χ2v) is 6.43. The molecule has 1 aromatic carbocycles. The van der Waals surface area contributed by atoms with Crippen LogP contribution in [0.15, 0.2) is 35.1 Å². The van der Waals surface area contributed by atoms with E-state index in [4.69, 9.17) is 0 Å². The van der Waals surface area contributed by atoms with Gasteiger partial charge in [-0.2, -0.15) is 5.10 Å². The van der Waals surface area contributed by atoms with E-state index in [2.05, 4.69) is 48.1 Å². The average Bonchev–Trinajstić information content (AvgIpc) is 3.23. The smallest absolute Gasteiger partial charge is 0.328 e. The molecule has 25 heavy (non-hydrogen) atoms. The summed E-state index contributed by atoms with van der Waals surface area (Å²) in [6, 6.07) is 9.21. The molecule has 2 amide bonds. The minimum absolute atomic E-state index is 0.348. The maximum atomic E-state index is 12.0. The van der Waals surface area contributed by atoms with E-state index in [-0.39, 0.29) is 0 Å². The molecule has 130 valence electrons. The van der Waals surface area contributed by atoms with E-state index in [1.54, 1.807) is 6.92 Å². The molecule has 0 saturated heterocycles. The number of aromatic nitrogens is 5. The van der Waals surface area contributed by atoms with Crippen LogP contribution in [0.3, 0.4) is 0 Å². The Bertz CT molecular complexity index is 886. The van der Waals surface area contributed by atoms with Crippen molar-refractivity contribution in [1.29, 1.82) is 0 Å². The Balaban J connectivity index is 1.50. The van der Waals surface area contributed by atoms with Gasteiger partial charge in [-0.3, -0.25) is 10.3 Å². The van der Waals surface area contributed by atoms with Crippen LogP contribution in [0.5, 0.6) is 0 Å². The number of amides is 2. The zero-order valence-corrected chi connectivity index (χ0v) is 14.3. The number of anilines is 1. The molecule has 2 heterocycles. The number of benzene rings is 1. The summed E-state index contributed by atoms with van der Waals surface area (Å²) in [5.41, 5.74) is 0.808. The number of hydrogen-bond acceptors (Lipinski definition) is 6. The van der Waals surface area contributed by atoms with Gasteiger partial charge in [-0.25, -0.2) is 14.7 Å². The quantitative estimate of drug-likeness (QED) is 0.531. The van der Waals surface area contributed by atoms with Gasteiger partial charge in [0.2, 0.25) is 5.13 Å². The number of rotatable bonds is 6. The van der Waals surface area contributed by atoms with Gasteiger partial charge in [-0.15, -0.1) is 10.2 Å². The molecule has 0 radical (unpaired) electrons. The Morgan fingerprint density at radius 2 is 2.04 bits per heavy atom. The van der Waals surface area contributed by atoms with Crippen molar-refractivity contribution in [2.75, 3.05) is 5.32 Å². The van der Waals surface area contributed by atoms with Gasteiger partial charge in [0.05, 0.1) is 6.04 Å². The number of carbonyl (C=O) groups excluding carboxylic acids is 1. The van der Waals surface area contributed by atoms with E-state index in [0.29, 0.717) is 11.0 Å². The Morgan fingerprint density at radius 1 is 1.24 bits per heavy atom. The van der Waals surface area contributed by atoms with Crippen molar-refractivity contribution in [3.8, 4) is 0 Å². The summed E-state index contributed by atoms with van der Waals surface area (Å²) < 4.78 is 0. The molecule has 3 aromatic rings. The fourth-order valence-electron chi connectivity index (χ4n) is 2.19. The van der Waals surface area contributed by atoms with Gasteiger partial charge in [0.25, 0.3) is 0 Å². The molecule has 0 aliphatic heterocycles. The lowest BCUT2D eigenvalue weighted by molar-refractivity contribution is 0.249. The SMILES string of the molecule is C[C@@H](NC(=O)Nc1nnc(CCc2ccccc2)s1)c1n[nH]c(=O)[nH]1. The van der Waals surface area contributed by atoms with Gasteiger partial charge in [0.15, 0.2) is 5.82 Å². The highest BCUT2D eigenvalue weighted by atomic mass is 32.1. The van der Waals surface area contributed by atoms with Crippen LogP contribution in [-0.4, -0.2) is 31.4 Å². The molecule has 0 aliphatic rings. The minimum atomic E-state index is -0.454. The first-order valence-electron chi connectivity index (χ1n) is 7.68. The van der Waals surface area contributed by atoms with Crippen molar-refractivity contribution in [3.63, 3.8) is 0 Å². The number of aromatic amines is 2. The Hall–Kier alpha value is -3.01. The maximum absolute atomic E-state index is 12.0. The highest BCUT2D eigenvalue weighted by Gasteiger charge is 2.14. The number of nitrogens with zero attached hydrogens (tertiary/aromatic N) is 3. The number of nitrogens with one attached hydrogen (secondary N) is 4. The van der Waals surface area contributed by atoms with Crippen LogP contribution in [0, 0.1) is 0 Å². The van der Waals surface area contributed by atoms with Crippen molar-refractivity contribution in [1.82, 2.24) is 30.7 Å². The van der Waals surface area contributed by atoms with Crippen LogP contribution in [-0.2, 0) is 12.8 Å². The Kier molecular flexibility index (Phi) is 5.19. The fourth-order valence-corrected chi connectivity index (χ4v) is 2.92. The van der Waals surface area contributed by atoms with Crippen LogP contribution in [0.4, 0.5) is 9.93 Å². The third-order valence-corrected chi connectivity index (χ3v) is 4.33. The van der Waals surface area contributed by atoms with Crippen molar-refractivity contribution in [3.05, 3.63) is 57.2 Å². The molecule has 3 rings (SSSR count). The normalized spacial score (nSPS) is 11.9. The van der Waals surface area contributed by atoms with Gasteiger partial charge in [0.1, 0.15) is 5.01 Å². The molecule has 0 bridgehead atoms. The monoisotopic (exact) mass is 359 g/mol. The van der Waals surface area contributed by atoms with Crippen LogP contribution in [0.1, 0.15) is 29.4 Å². The Morgan fingerprint density at radius 3 is 2.76 bits per heavy atom. The predicted octanol–water partition coefficient (Wildman–Crippen LogP) is 1.62. The molecule has 1 atom stereocenters. The summed E-state index contributed by atoms with van der Waals surface area (Å²) in [6.07, 6.45) is 1.63. The molecule has 0 fully saturated rings. The molecular formula is C15H17N7O2S. The highest BCUT2D eigenvalue weighted by Crippen LogP contribution is 2.17. The van der Waals surface area contributed by atoms with Gasteiger partial charge in [0, 0.05) is 6.42 Å². The number of H-pyrrole nitrogens is 2. The van der Waals surface area contributed by atoms with Crippen molar-refractivity contribution in [2.24, 2.45) is 0 Å². The van der Waals surface area contributed by atoms with E-state index < -0.39 is 17.8 Å².